The van der Waals surface area contributed by atoms with Crippen molar-refractivity contribution in [1.82, 2.24) is 9.80 Å². The highest BCUT2D eigenvalue weighted by Crippen LogP contribution is 2.17. The summed E-state index contributed by atoms with van der Waals surface area (Å²) < 4.78 is 0. The molecule has 5 nitrogen and oxygen atoms in total. The molecule has 1 atom stereocenters. The summed E-state index contributed by atoms with van der Waals surface area (Å²) in [6.45, 7) is 10.8. The lowest BCUT2D eigenvalue weighted by atomic mass is 10.1. The van der Waals surface area contributed by atoms with Gasteiger partial charge in [-0.25, -0.2) is 0 Å². The van der Waals surface area contributed by atoms with Crippen LogP contribution in [0.4, 0.5) is 0 Å². The minimum atomic E-state index is -0.811. The molecule has 5 heteroatoms. The summed E-state index contributed by atoms with van der Waals surface area (Å²) in [6, 6.07) is -0.487. The smallest absolute Gasteiger partial charge is 0.320 e. The van der Waals surface area contributed by atoms with Crippen LogP contribution in [0.1, 0.15) is 40.5 Å². The van der Waals surface area contributed by atoms with Crippen molar-refractivity contribution >= 4 is 11.9 Å². The van der Waals surface area contributed by atoms with Gasteiger partial charge in [0.1, 0.15) is 6.04 Å². The van der Waals surface area contributed by atoms with Gasteiger partial charge in [-0.3, -0.25) is 14.5 Å². The number of hydrogen-bond acceptors (Lipinski definition) is 3. The lowest BCUT2D eigenvalue weighted by Gasteiger charge is -2.29. The number of carbonyl (C=O) groups is 2. The summed E-state index contributed by atoms with van der Waals surface area (Å²) in [6.07, 6.45) is 1.51. The largest absolute Gasteiger partial charge is 0.480 e. The molecule has 1 aliphatic heterocycles. The number of hydrogen-bond donors (Lipinski definition) is 1. The van der Waals surface area contributed by atoms with Gasteiger partial charge in [0.2, 0.25) is 5.91 Å². The zero-order valence-electron chi connectivity index (χ0n) is 13.1. The second-order valence-electron chi connectivity index (χ2n) is 6.55. The summed E-state index contributed by atoms with van der Waals surface area (Å²) in [5.74, 6) is 0.0909. The van der Waals surface area contributed by atoms with Crippen LogP contribution in [0, 0.1) is 11.8 Å². The predicted octanol–water partition coefficient (Wildman–Crippen LogP) is 1.68. The van der Waals surface area contributed by atoms with E-state index in [2.05, 4.69) is 27.7 Å². The van der Waals surface area contributed by atoms with Crippen LogP contribution in [0.5, 0.6) is 0 Å². The van der Waals surface area contributed by atoms with Gasteiger partial charge in [-0.2, -0.15) is 0 Å². The van der Waals surface area contributed by atoms with E-state index in [1.54, 1.807) is 4.90 Å². The second kappa shape index (κ2) is 7.62. The number of rotatable bonds is 7. The van der Waals surface area contributed by atoms with Crippen LogP contribution < -0.4 is 0 Å². The predicted molar refractivity (Wildman–Crippen MR) is 78.5 cm³/mol. The molecule has 0 bridgehead atoms. The number of amides is 1. The molecule has 1 aliphatic rings. The number of carboxylic acid groups (broad SMARTS) is 1. The van der Waals surface area contributed by atoms with E-state index in [0.29, 0.717) is 24.8 Å². The zero-order valence-corrected chi connectivity index (χ0v) is 13.1. The number of aliphatic carboxylic acids is 1. The third kappa shape index (κ3) is 5.12. The van der Waals surface area contributed by atoms with Gasteiger partial charge in [0.25, 0.3) is 0 Å². The van der Waals surface area contributed by atoms with Gasteiger partial charge in [0.15, 0.2) is 0 Å². The van der Waals surface area contributed by atoms with E-state index < -0.39 is 12.0 Å². The molecule has 0 aromatic carbocycles. The quantitative estimate of drug-likeness (QED) is 0.772. The van der Waals surface area contributed by atoms with E-state index in [9.17, 15) is 9.59 Å². The van der Waals surface area contributed by atoms with E-state index in [-0.39, 0.29) is 12.5 Å². The fraction of sp³-hybridized carbons (Fsp3) is 0.867. The molecular formula is C15H28N2O3. The van der Waals surface area contributed by atoms with Crippen molar-refractivity contribution in [3.8, 4) is 0 Å². The summed E-state index contributed by atoms with van der Waals surface area (Å²) in [4.78, 5) is 27.3. The van der Waals surface area contributed by atoms with Gasteiger partial charge >= 0.3 is 5.97 Å². The maximum atomic E-state index is 12.4. The Hall–Kier alpha value is -1.10. The van der Waals surface area contributed by atoms with Gasteiger partial charge in [0, 0.05) is 13.1 Å². The second-order valence-corrected chi connectivity index (χ2v) is 6.55. The Morgan fingerprint density at radius 2 is 1.75 bits per heavy atom. The van der Waals surface area contributed by atoms with E-state index in [1.165, 1.54) is 0 Å². The summed E-state index contributed by atoms with van der Waals surface area (Å²) in [7, 11) is 0. The number of carbonyl (C=O) groups excluding carboxylic acids is 1. The Morgan fingerprint density at radius 1 is 1.20 bits per heavy atom. The average molecular weight is 284 g/mol. The summed E-state index contributed by atoms with van der Waals surface area (Å²) >= 11 is 0. The first-order chi connectivity index (χ1) is 9.31. The highest BCUT2D eigenvalue weighted by atomic mass is 16.4. The SMILES string of the molecule is CC(C)CN(CC(C)C)C(=O)CN1CCC[C@@H]1C(=O)O. The first kappa shape index (κ1) is 17.0. The first-order valence-electron chi connectivity index (χ1n) is 7.55. The fourth-order valence-electron chi connectivity index (χ4n) is 2.73. The molecule has 1 heterocycles. The molecule has 0 saturated carbocycles. The topological polar surface area (TPSA) is 60.9 Å². The highest BCUT2D eigenvalue weighted by molar-refractivity contribution is 5.80. The Balaban J connectivity index is 2.62. The third-order valence-electron chi connectivity index (χ3n) is 3.51. The van der Waals surface area contributed by atoms with Crippen LogP contribution in [0.3, 0.4) is 0 Å². The summed E-state index contributed by atoms with van der Waals surface area (Å²) in [5.41, 5.74) is 0. The number of carboxylic acids is 1. The van der Waals surface area contributed by atoms with Crippen molar-refractivity contribution in [1.29, 1.82) is 0 Å². The van der Waals surface area contributed by atoms with Crippen molar-refractivity contribution in [3.63, 3.8) is 0 Å². The maximum Gasteiger partial charge on any atom is 0.320 e. The van der Waals surface area contributed by atoms with Crippen molar-refractivity contribution in [3.05, 3.63) is 0 Å². The molecular weight excluding hydrogens is 256 g/mol. The first-order valence-corrected chi connectivity index (χ1v) is 7.55. The molecule has 0 unspecified atom stereocenters. The summed E-state index contributed by atoms with van der Waals surface area (Å²) in [5, 5.41) is 9.16. The molecule has 1 amide bonds. The lowest BCUT2D eigenvalue weighted by Crippen LogP contribution is -2.46. The molecule has 1 saturated heterocycles. The highest BCUT2D eigenvalue weighted by Gasteiger charge is 2.32. The normalized spacial score (nSPS) is 19.8. The molecule has 1 rings (SSSR count). The molecule has 116 valence electrons. The molecule has 1 fully saturated rings. The van der Waals surface area contributed by atoms with Gasteiger partial charge < -0.3 is 10.0 Å². The molecule has 0 radical (unpaired) electrons. The van der Waals surface area contributed by atoms with Crippen LogP contribution in [-0.4, -0.2) is 59.0 Å². The molecule has 0 aromatic heterocycles. The van der Waals surface area contributed by atoms with Crippen LogP contribution in [0.2, 0.25) is 0 Å². The van der Waals surface area contributed by atoms with Gasteiger partial charge in [0.05, 0.1) is 6.54 Å². The lowest BCUT2D eigenvalue weighted by molar-refractivity contribution is -0.143. The Bertz CT molecular complexity index is 332. The van der Waals surface area contributed by atoms with Crippen molar-refractivity contribution < 1.29 is 14.7 Å². The van der Waals surface area contributed by atoms with Gasteiger partial charge in [-0.1, -0.05) is 27.7 Å². The molecule has 1 N–H and O–H groups in total. The van der Waals surface area contributed by atoms with Crippen LogP contribution in [0.15, 0.2) is 0 Å². The third-order valence-corrected chi connectivity index (χ3v) is 3.51. The Kier molecular flexibility index (Phi) is 6.46. The minimum Gasteiger partial charge on any atom is -0.480 e. The van der Waals surface area contributed by atoms with Crippen molar-refractivity contribution in [2.75, 3.05) is 26.2 Å². The Labute approximate surface area is 121 Å². The molecule has 0 spiro atoms. The van der Waals surface area contributed by atoms with E-state index in [1.807, 2.05) is 4.90 Å². The molecule has 20 heavy (non-hydrogen) atoms. The van der Waals surface area contributed by atoms with E-state index >= 15 is 0 Å². The van der Waals surface area contributed by atoms with E-state index in [0.717, 1.165) is 19.5 Å². The fourth-order valence-corrected chi connectivity index (χ4v) is 2.73. The Morgan fingerprint density at radius 3 is 2.20 bits per heavy atom. The van der Waals surface area contributed by atoms with E-state index in [4.69, 9.17) is 5.11 Å². The molecule has 0 aromatic rings. The average Bonchev–Trinajstić information content (AvgIpc) is 2.74. The standard InChI is InChI=1S/C15H28N2O3/c1-11(2)8-17(9-12(3)4)14(18)10-16-7-5-6-13(16)15(19)20/h11-13H,5-10H2,1-4H3,(H,19,20)/t13-/m1/s1. The van der Waals surface area contributed by atoms with Gasteiger partial charge in [-0.05, 0) is 31.2 Å². The number of nitrogens with zero attached hydrogens (tertiary/aromatic N) is 2. The monoisotopic (exact) mass is 284 g/mol. The van der Waals surface area contributed by atoms with Crippen molar-refractivity contribution in [2.45, 2.75) is 46.6 Å². The van der Waals surface area contributed by atoms with Crippen molar-refractivity contribution in [2.24, 2.45) is 11.8 Å². The number of likely N-dealkylation sites (tertiary alicyclic amines) is 1. The van der Waals surface area contributed by atoms with Gasteiger partial charge in [-0.15, -0.1) is 0 Å². The van der Waals surface area contributed by atoms with Crippen LogP contribution in [-0.2, 0) is 9.59 Å². The minimum absolute atomic E-state index is 0.0561. The van der Waals surface area contributed by atoms with Crippen LogP contribution >= 0.6 is 0 Å². The van der Waals surface area contributed by atoms with Crippen LogP contribution in [0.25, 0.3) is 0 Å². The molecule has 0 aliphatic carbocycles. The zero-order chi connectivity index (χ0) is 15.3. The maximum absolute atomic E-state index is 12.4.